The third kappa shape index (κ3) is 4.91. The molecule has 0 unspecified atom stereocenters. The molecule has 0 aliphatic rings. The standard InChI is InChI=1S/C20H16F3NO4/c1-12-9-17(25)19(13(2)27-12)15-5-8-18(24-10-15)26-11-14-3-6-16(7-4-14)28-20(21,22)23/h3-10H,11H2,1-2H3. The molecule has 2 heterocycles. The summed E-state index contributed by atoms with van der Waals surface area (Å²) in [4.78, 5) is 16.3. The van der Waals surface area contributed by atoms with Crippen LogP contribution < -0.4 is 14.9 Å². The molecular weight excluding hydrogens is 375 g/mol. The molecule has 0 N–H and O–H groups in total. The van der Waals surface area contributed by atoms with E-state index < -0.39 is 6.36 Å². The average molecular weight is 391 g/mol. The number of halogens is 3. The van der Waals surface area contributed by atoms with Crippen LogP contribution in [0.5, 0.6) is 11.6 Å². The van der Waals surface area contributed by atoms with E-state index in [4.69, 9.17) is 9.15 Å². The van der Waals surface area contributed by atoms with Crippen LogP contribution >= 0.6 is 0 Å². The smallest absolute Gasteiger partial charge is 0.473 e. The Kier molecular flexibility index (Phi) is 5.39. The Morgan fingerprint density at radius 3 is 2.36 bits per heavy atom. The zero-order valence-corrected chi connectivity index (χ0v) is 15.0. The normalized spacial score (nSPS) is 11.3. The van der Waals surface area contributed by atoms with Crippen LogP contribution in [-0.4, -0.2) is 11.3 Å². The monoisotopic (exact) mass is 391 g/mol. The quantitative estimate of drug-likeness (QED) is 0.625. The highest BCUT2D eigenvalue weighted by atomic mass is 19.4. The van der Waals surface area contributed by atoms with Gasteiger partial charge in [-0.05, 0) is 37.6 Å². The first kappa shape index (κ1) is 19.5. The van der Waals surface area contributed by atoms with Crippen molar-refractivity contribution < 1.29 is 27.1 Å². The molecule has 8 heteroatoms. The van der Waals surface area contributed by atoms with Gasteiger partial charge in [-0.1, -0.05) is 12.1 Å². The van der Waals surface area contributed by atoms with Gasteiger partial charge in [0.15, 0.2) is 5.43 Å². The predicted octanol–water partition coefficient (Wildman–Crippen LogP) is 4.80. The van der Waals surface area contributed by atoms with Crippen LogP contribution in [0.2, 0.25) is 0 Å². The Hall–Kier alpha value is -3.29. The number of hydrogen-bond donors (Lipinski definition) is 0. The van der Waals surface area contributed by atoms with E-state index in [9.17, 15) is 18.0 Å². The van der Waals surface area contributed by atoms with E-state index in [2.05, 4.69) is 9.72 Å². The molecule has 0 saturated carbocycles. The molecule has 0 fully saturated rings. The summed E-state index contributed by atoms with van der Waals surface area (Å²) in [5.74, 6) is 1.05. The molecule has 0 spiro atoms. The van der Waals surface area contributed by atoms with Gasteiger partial charge in [0.25, 0.3) is 0 Å². The van der Waals surface area contributed by atoms with Gasteiger partial charge >= 0.3 is 6.36 Å². The zero-order valence-electron chi connectivity index (χ0n) is 15.0. The van der Waals surface area contributed by atoms with Crippen molar-refractivity contribution in [3.8, 4) is 22.8 Å². The van der Waals surface area contributed by atoms with E-state index in [1.165, 1.54) is 36.5 Å². The van der Waals surface area contributed by atoms with Gasteiger partial charge in [-0.3, -0.25) is 4.79 Å². The molecule has 0 aliphatic carbocycles. The molecule has 3 rings (SSSR count). The number of nitrogens with zero attached hydrogens (tertiary/aromatic N) is 1. The van der Waals surface area contributed by atoms with Crippen LogP contribution in [0.25, 0.3) is 11.1 Å². The maximum absolute atomic E-state index is 12.2. The van der Waals surface area contributed by atoms with Crippen LogP contribution in [0.4, 0.5) is 13.2 Å². The topological polar surface area (TPSA) is 61.6 Å². The predicted molar refractivity (Wildman–Crippen MR) is 95.1 cm³/mol. The van der Waals surface area contributed by atoms with Gasteiger partial charge < -0.3 is 13.9 Å². The van der Waals surface area contributed by atoms with Crippen molar-refractivity contribution in [3.63, 3.8) is 0 Å². The lowest BCUT2D eigenvalue weighted by Crippen LogP contribution is -2.17. The average Bonchev–Trinajstić information content (AvgIpc) is 2.60. The molecule has 0 atom stereocenters. The second-order valence-electron chi connectivity index (χ2n) is 6.02. The van der Waals surface area contributed by atoms with E-state index in [1.54, 1.807) is 26.0 Å². The number of benzene rings is 1. The number of alkyl halides is 3. The molecule has 1 aromatic carbocycles. The Labute approximate surface area is 158 Å². The summed E-state index contributed by atoms with van der Waals surface area (Å²) in [5.41, 5.74) is 1.53. The van der Waals surface area contributed by atoms with Crippen molar-refractivity contribution in [1.29, 1.82) is 0 Å². The molecular formula is C20H16F3NO4. The second kappa shape index (κ2) is 7.75. The van der Waals surface area contributed by atoms with Crippen molar-refractivity contribution in [2.75, 3.05) is 0 Å². The maximum Gasteiger partial charge on any atom is 0.573 e. The lowest BCUT2D eigenvalue weighted by Gasteiger charge is -2.10. The lowest BCUT2D eigenvalue weighted by atomic mass is 10.1. The van der Waals surface area contributed by atoms with Crippen LogP contribution in [0.15, 0.2) is 57.9 Å². The van der Waals surface area contributed by atoms with Crippen molar-refractivity contribution in [1.82, 2.24) is 4.98 Å². The first-order chi connectivity index (χ1) is 13.2. The molecule has 5 nitrogen and oxygen atoms in total. The highest BCUT2D eigenvalue weighted by Gasteiger charge is 2.30. The zero-order chi connectivity index (χ0) is 20.3. The fraction of sp³-hybridized carbons (Fsp3) is 0.200. The number of aryl methyl sites for hydroxylation is 2. The maximum atomic E-state index is 12.2. The van der Waals surface area contributed by atoms with E-state index >= 15 is 0 Å². The van der Waals surface area contributed by atoms with Crippen molar-refractivity contribution in [2.24, 2.45) is 0 Å². The number of pyridine rings is 1. The number of aromatic nitrogens is 1. The third-order valence-corrected chi connectivity index (χ3v) is 3.82. The summed E-state index contributed by atoms with van der Waals surface area (Å²) >= 11 is 0. The molecule has 0 amide bonds. The molecule has 28 heavy (non-hydrogen) atoms. The number of ether oxygens (including phenoxy) is 2. The summed E-state index contributed by atoms with van der Waals surface area (Å²) in [7, 11) is 0. The minimum Gasteiger partial charge on any atom is -0.473 e. The van der Waals surface area contributed by atoms with Gasteiger partial charge in [0.2, 0.25) is 5.88 Å². The molecule has 0 radical (unpaired) electrons. The van der Waals surface area contributed by atoms with E-state index in [0.29, 0.717) is 34.1 Å². The van der Waals surface area contributed by atoms with Crippen LogP contribution in [-0.2, 0) is 6.61 Å². The first-order valence-electron chi connectivity index (χ1n) is 8.26. The van der Waals surface area contributed by atoms with Crippen LogP contribution in [0, 0.1) is 13.8 Å². The van der Waals surface area contributed by atoms with E-state index in [0.717, 1.165) is 0 Å². The van der Waals surface area contributed by atoms with Gasteiger partial charge in [0, 0.05) is 23.9 Å². The highest BCUT2D eigenvalue weighted by molar-refractivity contribution is 5.64. The summed E-state index contributed by atoms with van der Waals surface area (Å²) in [5, 5.41) is 0. The minimum absolute atomic E-state index is 0.115. The van der Waals surface area contributed by atoms with Crippen LogP contribution in [0.3, 0.4) is 0 Å². The van der Waals surface area contributed by atoms with Gasteiger partial charge in [0.05, 0.1) is 5.56 Å². The van der Waals surface area contributed by atoms with Crippen molar-refractivity contribution in [2.45, 2.75) is 26.8 Å². The largest absolute Gasteiger partial charge is 0.573 e. The lowest BCUT2D eigenvalue weighted by molar-refractivity contribution is -0.274. The molecule has 0 bridgehead atoms. The Bertz CT molecular complexity index is 1010. The van der Waals surface area contributed by atoms with Crippen molar-refractivity contribution in [3.05, 3.63) is 76.0 Å². The fourth-order valence-electron chi connectivity index (χ4n) is 2.66. The van der Waals surface area contributed by atoms with E-state index in [-0.39, 0.29) is 17.8 Å². The van der Waals surface area contributed by atoms with Gasteiger partial charge in [-0.15, -0.1) is 13.2 Å². The summed E-state index contributed by atoms with van der Waals surface area (Å²) in [6.07, 6.45) is -3.22. The summed E-state index contributed by atoms with van der Waals surface area (Å²) < 4.78 is 51.3. The molecule has 3 aromatic rings. The van der Waals surface area contributed by atoms with Gasteiger partial charge in [-0.25, -0.2) is 4.98 Å². The van der Waals surface area contributed by atoms with Crippen molar-refractivity contribution >= 4 is 0 Å². The Balaban J connectivity index is 1.66. The fourth-order valence-corrected chi connectivity index (χ4v) is 2.66. The molecule has 2 aromatic heterocycles. The molecule has 0 aliphatic heterocycles. The van der Waals surface area contributed by atoms with Gasteiger partial charge in [0.1, 0.15) is 23.9 Å². The first-order valence-corrected chi connectivity index (χ1v) is 8.26. The van der Waals surface area contributed by atoms with E-state index in [1.807, 2.05) is 0 Å². The van der Waals surface area contributed by atoms with Crippen LogP contribution in [0.1, 0.15) is 17.1 Å². The number of hydrogen-bond acceptors (Lipinski definition) is 5. The minimum atomic E-state index is -4.73. The second-order valence-corrected chi connectivity index (χ2v) is 6.02. The Morgan fingerprint density at radius 1 is 1.07 bits per heavy atom. The summed E-state index contributed by atoms with van der Waals surface area (Å²) in [6, 6.07) is 10.1. The Morgan fingerprint density at radius 2 is 1.79 bits per heavy atom. The molecule has 146 valence electrons. The van der Waals surface area contributed by atoms with Gasteiger partial charge in [-0.2, -0.15) is 0 Å². The summed E-state index contributed by atoms with van der Waals surface area (Å²) in [6.45, 7) is 3.53. The molecule has 0 saturated heterocycles. The number of rotatable bonds is 5. The SMILES string of the molecule is Cc1cc(=O)c(-c2ccc(OCc3ccc(OC(F)(F)F)cc3)nc2)c(C)o1. The highest BCUT2D eigenvalue weighted by Crippen LogP contribution is 2.24. The third-order valence-electron chi connectivity index (χ3n) is 3.82.